The molecular weight excluding hydrogens is 321 g/mol. The van der Waals surface area contributed by atoms with Crippen LogP contribution in [-0.4, -0.2) is 55.2 Å². The zero-order valence-corrected chi connectivity index (χ0v) is 15.1. The van der Waals surface area contributed by atoms with Crippen molar-refractivity contribution in [3.05, 3.63) is 29.6 Å². The van der Waals surface area contributed by atoms with Crippen molar-refractivity contribution in [1.29, 1.82) is 0 Å². The van der Waals surface area contributed by atoms with E-state index in [0.29, 0.717) is 25.1 Å². The largest absolute Gasteiger partial charge is 0.491 e. The average molecular weight is 349 g/mol. The number of ether oxygens (including phenoxy) is 1. The first kappa shape index (κ1) is 18.0. The Bertz CT molecular complexity index is 610. The van der Waals surface area contributed by atoms with Crippen LogP contribution in [0.15, 0.2) is 18.2 Å². The molecule has 2 heterocycles. The number of likely N-dealkylation sites (tertiary alicyclic amines) is 2. The van der Waals surface area contributed by atoms with E-state index < -0.39 is 0 Å². The smallest absolute Gasteiger partial charge is 0.317 e. The topological polar surface area (TPSA) is 44.8 Å². The minimum absolute atomic E-state index is 0.0338. The molecule has 2 unspecified atom stereocenters. The molecule has 0 aromatic heterocycles. The van der Waals surface area contributed by atoms with Gasteiger partial charge in [-0.2, -0.15) is 0 Å². The first-order valence-electron chi connectivity index (χ1n) is 9.22. The number of piperidine rings is 2. The van der Waals surface area contributed by atoms with Crippen LogP contribution < -0.4 is 10.1 Å². The van der Waals surface area contributed by atoms with Gasteiger partial charge in [0.2, 0.25) is 0 Å². The number of benzene rings is 1. The highest BCUT2D eigenvalue weighted by Crippen LogP contribution is 2.30. The van der Waals surface area contributed by atoms with E-state index in [4.69, 9.17) is 4.74 Å². The molecule has 1 aromatic rings. The predicted octanol–water partition coefficient (Wildman–Crippen LogP) is 2.85. The number of nitrogens with one attached hydrogen (secondary N) is 1. The van der Waals surface area contributed by atoms with E-state index in [9.17, 15) is 9.18 Å². The van der Waals surface area contributed by atoms with Crippen molar-refractivity contribution in [2.24, 2.45) is 5.92 Å². The number of rotatable bonds is 4. The fourth-order valence-electron chi connectivity index (χ4n) is 4.04. The molecule has 25 heavy (non-hydrogen) atoms. The van der Waals surface area contributed by atoms with E-state index in [-0.39, 0.29) is 17.6 Å². The van der Waals surface area contributed by atoms with E-state index in [0.717, 1.165) is 38.0 Å². The summed E-state index contributed by atoms with van der Waals surface area (Å²) in [7, 11) is 2.15. The van der Waals surface area contributed by atoms with Gasteiger partial charge in [0, 0.05) is 25.7 Å². The zero-order chi connectivity index (χ0) is 17.8. The van der Waals surface area contributed by atoms with Gasteiger partial charge in [0.1, 0.15) is 0 Å². The molecule has 0 bridgehead atoms. The summed E-state index contributed by atoms with van der Waals surface area (Å²) in [6, 6.07) is 5.15. The van der Waals surface area contributed by atoms with Crippen LogP contribution in [-0.2, 0) is 6.54 Å². The normalized spacial score (nSPS) is 23.9. The van der Waals surface area contributed by atoms with E-state index >= 15 is 0 Å². The van der Waals surface area contributed by atoms with Crippen LogP contribution in [0.3, 0.4) is 0 Å². The van der Waals surface area contributed by atoms with Crippen LogP contribution in [0, 0.1) is 11.7 Å². The van der Waals surface area contributed by atoms with Gasteiger partial charge in [-0.25, -0.2) is 9.18 Å². The molecule has 1 N–H and O–H groups in total. The van der Waals surface area contributed by atoms with Crippen molar-refractivity contribution in [2.75, 3.05) is 33.3 Å². The van der Waals surface area contributed by atoms with E-state index in [1.165, 1.54) is 12.5 Å². The monoisotopic (exact) mass is 349 g/mol. The Hall–Kier alpha value is -1.82. The SMILES string of the molecule is CCOc1ccc(CNC(=O)N2CCCC3CN(C)CCC32)cc1F. The highest BCUT2D eigenvalue weighted by atomic mass is 19.1. The maximum atomic E-state index is 13.9. The second-order valence-electron chi connectivity index (χ2n) is 7.07. The molecule has 2 aliphatic rings. The number of hydrogen-bond acceptors (Lipinski definition) is 3. The van der Waals surface area contributed by atoms with Crippen LogP contribution in [0.1, 0.15) is 31.7 Å². The molecule has 2 saturated heterocycles. The van der Waals surface area contributed by atoms with Gasteiger partial charge < -0.3 is 19.9 Å². The highest BCUT2D eigenvalue weighted by Gasteiger charge is 2.37. The van der Waals surface area contributed by atoms with Crippen molar-refractivity contribution in [1.82, 2.24) is 15.1 Å². The number of halogens is 1. The summed E-state index contributed by atoms with van der Waals surface area (Å²) in [4.78, 5) is 17.0. The van der Waals surface area contributed by atoms with Crippen molar-refractivity contribution >= 4 is 6.03 Å². The lowest BCUT2D eigenvalue weighted by Crippen LogP contribution is -2.57. The second kappa shape index (κ2) is 8.04. The van der Waals surface area contributed by atoms with Gasteiger partial charge in [-0.1, -0.05) is 6.07 Å². The Morgan fingerprint density at radius 1 is 1.36 bits per heavy atom. The minimum Gasteiger partial charge on any atom is -0.491 e. The first-order chi connectivity index (χ1) is 12.1. The maximum Gasteiger partial charge on any atom is 0.317 e. The van der Waals surface area contributed by atoms with E-state index in [2.05, 4.69) is 17.3 Å². The lowest BCUT2D eigenvalue weighted by Gasteiger charge is -2.46. The molecule has 2 atom stereocenters. The number of urea groups is 1. The maximum absolute atomic E-state index is 13.9. The standard InChI is InChI=1S/C19H28FN3O2/c1-3-25-18-7-6-14(11-16(18)20)12-21-19(24)23-9-4-5-15-13-22(2)10-8-17(15)23/h6-7,11,15,17H,3-5,8-10,12-13H2,1-2H3,(H,21,24). The minimum atomic E-state index is -0.387. The Balaban J connectivity index is 1.57. The quantitative estimate of drug-likeness (QED) is 0.909. The fourth-order valence-corrected chi connectivity index (χ4v) is 4.04. The lowest BCUT2D eigenvalue weighted by molar-refractivity contribution is 0.0532. The average Bonchev–Trinajstić information content (AvgIpc) is 2.61. The third-order valence-electron chi connectivity index (χ3n) is 5.27. The molecule has 0 spiro atoms. The van der Waals surface area contributed by atoms with Gasteiger partial charge in [0.25, 0.3) is 0 Å². The zero-order valence-electron chi connectivity index (χ0n) is 15.1. The molecule has 6 heteroatoms. The molecule has 5 nitrogen and oxygen atoms in total. The Kier molecular flexibility index (Phi) is 5.78. The Morgan fingerprint density at radius 3 is 2.96 bits per heavy atom. The van der Waals surface area contributed by atoms with Crippen molar-refractivity contribution in [3.63, 3.8) is 0 Å². The molecule has 2 amide bonds. The summed E-state index contributed by atoms with van der Waals surface area (Å²) in [5.74, 6) is 0.436. The number of fused-ring (bicyclic) bond motifs is 1. The van der Waals surface area contributed by atoms with Gasteiger partial charge >= 0.3 is 6.03 Å². The Morgan fingerprint density at radius 2 is 2.20 bits per heavy atom. The number of carbonyl (C=O) groups excluding carboxylic acids is 1. The molecule has 3 rings (SSSR count). The third kappa shape index (κ3) is 4.24. The van der Waals surface area contributed by atoms with Gasteiger partial charge in [0.15, 0.2) is 11.6 Å². The number of carbonyl (C=O) groups is 1. The van der Waals surface area contributed by atoms with E-state index in [1.807, 2.05) is 11.8 Å². The van der Waals surface area contributed by atoms with Crippen LogP contribution in [0.25, 0.3) is 0 Å². The van der Waals surface area contributed by atoms with Gasteiger partial charge in [-0.05, 0) is 63.4 Å². The molecule has 138 valence electrons. The predicted molar refractivity (Wildman–Crippen MR) is 95.1 cm³/mol. The van der Waals surface area contributed by atoms with Crippen LogP contribution in [0.5, 0.6) is 5.75 Å². The fraction of sp³-hybridized carbons (Fsp3) is 0.632. The van der Waals surface area contributed by atoms with Crippen molar-refractivity contribution in [3.8, 4) is 5.75 Å². The molecule has 2 aliphatic heterocycles. The van der Waals surface area contributed by atoms with Crippen LogP contribution in [0.4, 0.5) is 9.18 Å². The molecule has 0 radical (unpaired) electrons. The number of amides is 2. The number of nitrogens with zero attached hydrogens (tertiary/aromatic N) is 2. The van der Waals surface area contributed by atoms with Gasteiger partial charge in [0.05, 0.1) is 6.61 Å². The third-order valence-corrected chi connectivity index (χ3v) is 5.27. The Labute approximate surface area is 149 Å². The summed E-state index contributed by atoms with van der Waals surface area (Å²) in [6.45, 7) is 5.50. The van der Waals surface area contributed by atoms with Crippen LogP contribution >= 0.6 is 0 Å². The van der Waals surface area contributed by atoms with Crippen molar-refractivity contribution < 1.29 is 13.9 Å². The summed E-state index contributed by atoms with van der Waals surface area (Å²) in [5, 5.41) is 2.96. The molecule has 0 aliphatic carbocycles. The van der Waals surface area contributed by atoms with Crippen LogP contribution in [0.2, 0.25) is 0 Å². The van der Waals surface area contributed by atoms with Gasteiger partial charge in [-0.3, -0.25) is 0 Å². The molecule has 0 saturated carbocycles. The lowest BCUT2D eigenvalue weighted by atomic mass is 9.84. The van der Waals surface area contributed by atoms with Crippen molar-refractivity contribution in [2.45, 2.75) is 38.8 Å². The first-order valence-corrected chi connectivity index (χ1v) is 9.22. The molecule has 1 aromatic carbocycles. The molecule has 2 fully saturated rings. The molecular formula is C19H28FN3O2. The summed E-state index contributed by atoms with van der Waals surface area (Å²) < 4.78 is 19.1. The summed E-state index contributed by atoms with van der Waals surface area (Å²) in [5.41, 5.74) is 0.742. The summed E-state index contributed by atoms with van der Waals surface area (Å²) in [6.07, 6.45) is 3.29. The highest BCUT2D eigenvalue weighted by molar-refractivity contribution is 5.74. The second-order valence-corrected chi connectivity index (χ2v) is 7.07. The number of hydrogen-bond donors (Lipinski definition) is 1. The van der Waals surface area contributed by atoms with E-state index in [1.54, 1.807) is 12.1 Å². The van der Waals surface area contributed by atoms with Gasteiger partial charge in [-0.15, -0.1) is 0 Å². The summed E-state index contributed by atoms with van der Waals surface area (Å²) >= 11 is 0.